The number of hydrogen-bond acceptors (Lipinski definition) is 5. The van der Waals surface area contributed by atoms with Crippen LogP contribution in [0.1, 0.15) is 10.6 Å². The molecule has 0 aliphatic rings. The van der Waals surface area contributed by atoms with Crippen molar-refractivity contribution >= 4 is 27.3 Å². The van der Waals surface area contributed by atoms with Gasteiger partial charge in [-0.05, 0) is 33.6 Å². The van der Waals surface area contributed by atoms with Gasteiger partial charge in [0.05, 0.1) is 16.6 Å². The maximum atomic E-state index is 9.72. The summed E-state index contributed by atoms with van der Waals surface area (Å²) in [5, 5.41) is 16.2. The van der Waals surface area contributed by atoms with Gasteiger partial charge in [0.2, 0.25) is 0 Å². The van der Waals surface area contributed by atoms with E-state index < -0.39 is 0 Å². The minimum absolute atomic E-state index is 0.133. The Labute approximate surface area is 124 Å². The summed E-state index contributed by atoms with van der Waals surface area (Å²) < 4.78 is 5.76. The van der Waals surface area contributed by atoms with Gasteiger partial charge in [-0.2, -0.15) is 0 Å². The number of nitrogens with zero attached hydrogens (tertiary/aromatic N) is 1. The zero-order valence-corrected chi connectivity index (χ0v) is 12.9. The summed E-state index contributed by atoms with van der Waals surface area (Å²) in [4.78, 5) is 4.23. The SMILES string of the molecule is COc1cc(CNCCc2nccs2)cc(Br)c1O. The van der Waals surface area contributed by atoms with Gasteiger partial charge in [-0.15, -0.1) is 11.3 Å². The van der Waals surface area contributed by atoms with Gasteiger partial charge in [-0.25, -0.2) is 4.98 Å². The molecule has 6 heteroatoms. The first-order valence-corrected chi connectivity index (χ1v) is 7.52. The molecule has 0 atom stereocenters. The minimum atomic E-state index is 0.133. The van der Waals surface area contributed by atoms with E-state index in [0.717, 1.165) is 30.1 Å². The Morgan fingerprint density at radius 3 is 3.00 bits per heavy atom. The predicted octanol–water partition coefficient (Wildman–Crippen LogP) is 2.95. The average molecular weight is 343 g/mol. The Balaban J connectivity index is 1.87. The first kappa shape index (κ1) is 14.3. The van der Waals surface area contributed by atoms with Crippen LogP contribution in [-0.2, 0) is 13.0 Å². The average Bonchev–Trinajstić information content (AvgIpc) is 2.91. The third-order valence-electron chi connectivity index (χ3n) is 2.64. The topological polar surface area (TPSA) is 54.4 Å². The van der Waals surface area contributed by atoms with Gasteiger partial charge in [0.15, 0.2) is 11.5 Å². The molecule has 0 fully saturated rings. The van der Waals surface area contributed by atoms with E-state index in [1.54, 1.807) is 18.4 Å². The predicted molar refractivity (Wildman–Crippen MR) is 79.9 cm³/mol. The summed E-state index contributed by atoms with van der Waals surface area (Å²) in [6, 6.07) is 3.71. The fourth-order valence-electron chi connectivity index (χ4n) is 1.69. The molecule has 0 saturated carbocycles. The fourth-order valence-corrected chi connectivity index (χ4v) is 2.80. The molecular formula is C13H15BrN2O2S. The summed E-state index contributed by atoms with van der Waals surface area (Å²) in [7, 11) is 1.54. The molecular weight excluding hydrogens is 328 g/mol. The molecule has 19 heavy (non-hydrogen) atoms. The van der Waals surface area contributed by atoms with Gasteiger partial charge < -0.3 is 15.2 Å². The second-order valence-corrected chi connectivity index (χ2v) is 5.81. The van der Waals surface area contributed by atoms with Gasteiger partial charge >= 0.3 is 0 Å². The lowest BCUT2D eigenvalue weighted by Crippen LogP contribution is -2.16. The lowest BCUT2D eigenvalue weighted by Gasteiger charge is -2.09. The van der Waals surface area contributed by atoms with Crippen molar-refractivity contribution < 1.29 is 9.84 Å². The van der Waals surface area contributed by atoms with E-state index in [0.29, 0.717) is 10.2 Å². The summed E-state index contributed by atoms with van der Waals surface area (Å²) in [5.74, 6) is 0.611. The maximum Gasteiger partial charge on any atom is 0.172 e. The number of aromatic hydroxyl groups is 1. The molecule has 102 valence electrons. The second kappa shape index (κ2) is 6.88. The van der Waals surface area contributed by atoms with E-state index in [1.807, 2.05) is 23.7 Å². The molecule has 1 aromatic carbocycles. The highest BCUT2D eigenvalue weighted by Gasteiger charge is 2.08. The van der Waals surface area contributed by atoms with Crippen molar-refractivity contribution in [2.75, 3.05) is 13.7 Å². The van der Waals surface area contributed by atoms with Gasteiger partial charge in [-0.1, -0.05) is 0 Å². The molecule has 2 aromatic rings. The number of ether oxygens (including phenoxy) is 1. The van der Waals surface area contributed by atoms with Crippen LogP contribution in [0.15, 0.2) is 28.2 Å². The quantitative estimate of drug-likeness (QED) is 0.792. The first-order valence-electron chi connectivity index (χ1n) is 5.85. The number of methoxy groups -OCH3 is 1. The molecule has 4 nitrogen and oxygen atoms in total. The van der Waals surface area contributed by atoms with Crippen LogP contribution in [-0.4, -0.2) is 23.7 Å². The molecule has 2 N–H and O–H groups in total. The number of hydrogen-bond donors (Lipinski definition) is 2. The first-order chi connectivity index (χ1) is 9.20. The molecule has 0 radical (unpaired) electrons. The second-order valence-electron chi connectivity index (χ2n) is 3.98. The van der Waals surface area contributed by atoms with Crippen LogP contribution < -0.4 is 10.1 Å². The molecule has 0 spiro atoms. The molecule has 0 aliphatic heterocycles. The van der Waals surface area contributed by atoms with Crippen LogP contribution in [0.2, 0.25) is 0 Å². The van der Waals surface area contributed by atoms with E-state index in [4.69, 9.17) is 4.74 Å². The van der Waals surface area contributed by atoms with Gasteiger partial charge in [-0.3, -0.25) is 0 Å². The lowest BCUT2D eigenvalue weighted by molar-refractivity contribution is 0.371. The van der Waals surface area contributed by atoms with Crippen LogP contribution in [0, 0.1) is 0 Å². The van der Waals surface area contributed by atoms with E-state index in [9.17, 15) is 5.11 Å². The minimum Gasteiger partial charge on any atom is -0.503 e. The van der Waals surface area contributed by atoms with E-state index in [2.05, 4.69) is 26.2 Å². The standard InChI is InChI=1S/C13H15BrN2O2S/c1-18-11-7-9(6-10(14)13(11)17)8-15-3-2-12-16-4-5-19-12/h4-7,15,17H,2-3,8H2,1H3. The van der Waals surface area contributed by atoms with Crippen molar-refractivity contribution in [1.29, 1.82) is 0 Å². The van der Waals surface area contributed by atoms with E-state index in [-0.39, 0.29) is 5.75 Å². The van der Waals surface area contributed by atoms with Gasteiger partial charge in [0.1, 0.15) is 0 Å². The Morgan fingerprint density at radius 2 is 2.32 bits per heavy atom. The number of halogens is 1. The number of benzene rings is 1. The Bertz CT molecular complexity index is 532. The third-order valence-corrected chi connectivity index (χ3v) is 4.08. The molecule has 0 saturated heterocycles. The van der Waals surface area contributed by atoms with Gasteiger partial charge in [0, 0.05) is 31.1 Å². The van der Waals surface area contributed by atoms with Crippen LogP contribution in [0.4, 0.5) is 0 Å². The van der Waals surface area contributed by atoms with Crippen LogP contribution in [0.5, 0.6) is 11.5 Å². The summed E-state index contributed by atoms with van der Waals surface area (Å²) in [6.45, 7) is 1.59. The summed E-state index contributed by atoms with van der Waals surface area (Å²) in [6.07, 6.45) is 2.75. The van der Waals surface area contributed by atoms with Crippen LogP contribution in [0.25, 0.3) is 0 Å². The van der Waals surface area contributed by atoms with Gasteiger partial charge in [0.25, 0.3) is 0 Å². The lowest BCUT2D eigenvalue weighted by atomic mass is 10.2. The smallest absolute Gasteiger partial charge is 0.172 e. The molecule has 0 amide bonds. The van der Waals surface area contributed by atoms with Crippen molar-refractivity contribution in [3.8, 4) is 11.5 Å². The number of phenols is 1. The largest absolute Gasteiger partial charge is 0.503 e. The Morgan fingerprint density at radius 1 is 1.47 bits per heavy atom. The van der Waals surface area contributed by atoms with Crippen molar-refractivity contribution in [2.24, 2.45) is 0 Å². The highest BCUT2D eigenvalue weighted by atomic mass is 79.9. The third kappa shape index (κ3) is 3.92. The Kier molecular flexibility index (Phi) is 5.18. The highest BCUT2D eigenvalue weighted by molar-refractivity contribution is 9.10. The number of thiazole rings is 1. The van der Waals surface area contributed by atoms with Crippen molar-refractivity contribution in [1.82, 2.24) is 10.3 Å². The highest BCUT2D eigenvalue weighted by Crippen LogP contribution is 2.35. The molecule has 2 rings (SSSR count). The van der Waals surface area contributed by atoms with Crippen LogP contribution >= 0.6 is 27.3 Å². The summed E-state index contributed by atoms with van der Waals surface area (Å²) >= 11 is 4.98. The van der Waals surface area contributed by atoms with Crippen molar-refractivity contribution in [3.05, 3.63) is 38.8 Å². The molecule has 1 aromatic heterocycles. The van der Waals surface area contributed by atoms with E-state index >= 15 is 0 Å². The van der Waals surface area contributed by atoms with Crippen LogP contribution in [0.3, 0.4) is 0 Å². The number of nitrogens with one attached hydrogen (secondary N) is 1. The number of rotatable bonds is 6. The Hall–Kier alpha value is -1.11. The maximum absolute atomic E-state index is 9.72. The van der Waals surface area contributed by atoms with E-state index in [1.165, 1.54) is 0 Å². The van der Waals surface area contributed by atoms with Crippen molar-refractivity contribution in [3.63, 3.8) is 0 Å². The summed E-state index contributed by atoms with van der Waals surface area (Å²) in [5.41, 5.74) is 1.06. The van der Waals surface area contributed by atoms with Crippen molar-refractivity contribution in [2.45, 2.75) is 13.0 Å². The molecule has 0 aliphatic carbocycles. The number of phenolic OH excluding ortho intramolecular Hbond substituents is 1. The zero-order chi connectivity index (χ0) is 13.7. The molecule has 0 bridgehead atoms. The molecule has 0 unspecified atom stereocenters. The number of aromatic nitrogens is 1. The molecule has 1 heterocycles. The normalized spacial score (nSPS) is 10.6. The monoisotopic (exact) mass is 342 g/mol. The zero-order valence-electron chi connectivity index (χ0n) is 10.5. The fraction of sp³-hybridized carbons (Fsp3) is 0.308.